The summed E-state index contributed by atoms with van der Waals surface area (Å²) in [6, 6.07) is 4.18. The first kappa shape index (κ1) is 9.48. The lowest BCUT2D eigenvalue weighted by atomic mass is 10.4. The number of hydrogen-bond donors (Lipinski definition) is 0. The van der Waals surface area contributed by atoms with E-state index in [-0.39, 0.29) is 0 Å². The zero-order chi connectivity index (χ0) is 9.80. The third-order valence-electron chi connectivity index (χ3n) is 1.58. The molecule has 0 saturated carbocycles. The standard InChI is InChI=1S/C9H8N2OS2/c1-13-9-5-3-7(14-9)2-4-8-10-6-12-11-8/h2-6H,1H3/b4-2+. The van der Waals surface area contributed by atoms with E-state index in [4.69, 9.17) is 0 Å². The number of hydrogen-bond acceptors (Lipinski definition) is 5. The van der Waals surface area contributed by atoms with E-state index < -0.39 is 0 Å². The molecule has 0 N–H and O–H groups in total. The van der Waals surface area contributed by atoms with Crippen molar-refractivity contribution in [1.82, 2.24) is 10.1 Å². The third-order valence-corrected chi connectivity index (χ3v) is 3.71. The predicted molar refractivity (Wildman–Crippen MR) is 59.3 cm³/mol. The molecule has 0 aliphatic heterocycles. The topological polar surface area (TPSA) is 38.9 Å². The molecular weight excluding hydrogens is 216 g/mol. The molecule has 0 atom stereocenters. The van der Waals surface area contributed by atoms with Crippen LogP contribution in [0.3, 0.4) is 0 Å². The second-order valence-electron chi connectivity index (χ2n) is 2.48. The summed E-state index contributed by atoms with van der Waals surface area (Å²) in [5, 5.41) is 3.68. The maximum atomic E-state index is 4.62. The van der Waals surface area contributed by atoms with Crippen molar-refractivity contribution in [3.8, 4) is 0 Å². The molecule has 0 radical (unpaired) electrons. The molecule has 0 bridgehead atoms. The summed E-state index contributed by atoms with van der Waals surface area (Å²) in [4.78, 5) is 5.09. The van der Waals surface area contributed by atoms with E-state index in [0.29, 0.717) is 5.82 Å². The number of thioether (sulfide) groups is 1. The number of thiophene rings is 1. The van der Waals surface area contributed by atoms with Gasteiger partial charge >= 0.3 is 0 Å². The van der Waals surface area contributed by atoms with Gasteiger partial charge in [-0.1, -0.05) is 5.16 Å². The highest BCUT2D eigenvalue weighted by atomic mass is 32.2. The molecule has 0 fully saturated rings. The normalized spacial score (nSPS) is 11.2. The Kier molecular flexibility index (Phi) is 3.00. The summed E-state index contributed by atoms with van der Waals surface area (Å²) in [7, 11) is 0. The fourth-order valence-corrected chi connectivity index (χ4v) is 2.41. The first-order valence-corrected chi connectivity index (χ1v) is 6.01. The fourth-order valence-electron chi connectivity index (χ4n) is 0.942. The molecule has 2 aromatic heterocycles. The van der Waals surface area contributed by atoms with Gasteiger partial charge in [-0.2, -0.15) is 4.98 Å². The highest BCUT2D eigenvalue weighted by Gasteiger charge is 1.96. The molecule has 3 nitrogen and oxygen atoms in total. The van der Waals surface area contributed by atoms with Crippen LogP contribution >= 0.6 is 23.1 Å². The van der Waals surface area contributed by atoms with Crippen molar-refractivity contribution in [3.05, 3.63) is 29.2 Å². The second-order valence-corrected chi connectivity index (χ2v) is 4.71. The lowest BCUT2D eigenvalue weighted by Gasteiger charge is -1.83. The van der Waals surface area contributed by atoms with Gasteiger partial charge in [0.15, 0.2) is 5.82 Å². The molecule has 2 aromatic rings. The Morgan fingerprint density at radius 2 is 2.36 bits per heavy atom. The van der Waals surface area contributed by atoms with Gasteiger partial charge < -0.3 is 4.52 Å². The third kappa shape index (κ3) is 2.24. The van der Waals surface area contributed by atoms with Gasteiger partial charge in [-0.3, -0.25) is 0 Å². The fraction of sp³-hybridized carbons (Fsp3) is 0.111. The zero-order valence-corrected chi connectivity index (χ0v) is 9.14. The average Bonchev–Trinajstić information content (AvgIpc) is 2.86. The van der Waals surface area contributed by atoms with Gasteiger partial charge in [0.05, 0.1) is 4.21 Å². The van der Waals surface area contributed by atoms with Crippen LogP contribution in [0, 0.1) is 0 Å². The van der Waals surface area contributed by atoms with Gasteiger partial charge in [0, 0.05) is 4.88 Å². The highest BCUT2D eigenvalue weighted by molar-refractivity contribution is 8.00. The van der Waals surface area contributed by atoms with E-state index in [2.05, 4.69) is 33.1 Å². The molecule has 0 spiro atoms. The lowest BCUT2D eigenvalue weighted by Crippen LogP contribution is -1.71. The SMILES string of the molecule is CSc1ccc(/C=C/c2ncon2)s1. The molecule has 2 heterocycles. The summed E-state index contributed by atoms with van der Waals surface area (Å²) < 4.78 is 5.92. The molecule has 0 unspecified atom stereocenters. The van der Waals surface area contributed by atoms with E-state index in [1.807, 2.05) is 12.2 Å². The van der Waals surface area contributed by atoms with Gasteiger partial charge in [0.2, 0.25) is 6.39 Å². The Balaban J connectivity index is 2.10. The van der Waals surface area contributed by atoms with E-state index in [1.165, 1.54) is 15.5 Å². The average molecular weight is 224 g/mol. The second kappa shape index (κ2) is 4.43. The maximum Gasteiger partial charge on any atom is 0.214 e. The molecule has 0 aliphatic carbocycles. The zero-order valence-electron chi connectivity index (χ0n) is 7.51. The van der Waals surface area contributed by atoms with Gasteiger partial charge in [0.1, 0.15) is 0 Å². The Hall–Kier alpha value is -1.07. The first-order chi connectivity index (χ1) is 6.88. The Bertz CT molecular complexity index is 420. The molecule has 0 aromatic carbocycles. The Labute approximate surface area is 89.8 Å². The van der Waals surface area contributed by atoms with Crippen molar-refractivity contribution in [3.63, 3.8) is 0 Å². The Morgan fingerprint density at radius 3 is 3.00 bits per heavy atom. The molecule has 5 heteroatoms. The van der Waals surface area contributed by atoms with E-state index >= 15 is 0 Å². The van der Waals surface area contributed by atoms with E-state index in [1.54, 1.807) is 23.1 Å². The van der Waals surface area contributed by atoms with Crippen molar-refractivity contribution in [2.45, 2.75) is 4.21 Å². The van der Waals surface area contributed by atoms with Crippen LogP contribution in [0.2, 0.25) is 0 Å². The van der Waals surface area contributed by atoms with Crippen molar-refractivity contribution in [1.29, 1.82) is 0 Å². The molecule has 72 valence electrons. The largest absolute Gasteiger partial charge is 0.342 e. The summed E-state index contributed by atoms with van der Waals surface area (Å²) >= 11 is 3.49. The van der Waals surface area contributed by atoms with Crippen molar-refractivity contribution in [2.24, 2.45) is 0 Å². The smallest absolute Gasteiger partial charge is 0.214 e. The minimum absolute atomic E-state index is 0.601. The lowest BCUT2D eigenvalue weighted by molar-refractivity contribution is 0.415. The van der Waals surface area contributed by atoms with Crippen molar-refractivity contribution < 1.29 is 4.52 Å². The minimum Gasteiger partial charge on any atom is -0.342 e. The maximum absolute atomic E-state index is 4.62. The van der Waals surface area contributed by atoms with Gasteiger partial charge in [-0.25, -0.2) is 0 Å². The van der Waals surface area contributed by atoms with Gasteiger partial charge in [-0.15, -0.1) is 23.1 Å². The van der Waals surface area contributed by atoms with E-state index in [9.17, 15) is 0 Å². The molecule has 0 aliphatic rings. The van der Waals surface area contributed by atoms with Crippen LogP contribution in [-0.2, 0) is 0 Å². The minimum atomic E-state index is 0.601. The van der Waals surface area contributed by atoms with Crippen LogP contribution in [0.25, 0.3) is 12.2 Å². The van der Waals surface area contributed by atoms with Crippen molar-refractivity contribution in [2.75, 3.05) is 6.26 Å². The van der Waals surface area contributed by atoms with Crippen molar-refractivity contribution >= 4 is 35.3 Å². The Morgan fingerprint density at radius 1 is 1.43 bits per heavy atom. The van der Waals surface area contributed by atoms with Crippen LogP contribution in [0.4, 0.5) is 0 Å². The molecule has 0 amide bonds. The summed E-state index contributed by atoms with van der Waals surface area (Å²) in [5.41, 5.74) is 0. The van der Waals surface area contributed by atoms with Crippen LogP contribution < -0.4 is 0 Å². The van der Waals surface area contributed by atoms with Gasteiger partial charge in [-0.05, 0) is 30.5 Å². The number of nitrogens with zero attached hydrogens (tertiary/aromatic N) is 2. The number of aromatic nitrogens is 2. The highest BCUT2D eigenvalue weighted by Crippen LogP contribution is 2.26. The first-order valence-electron chi connectivity index (χ1n) is 3.97. The van der Waals surface area contributed by atoms with Crippen LogP contribution in [0.5, 0.6) is 0 Å². The van der Waals surface area contributed by atoms with Gasteiger partial charge in [0.25, 0.3) is 0 Å². The molecule has 2 rings (SSSR count). The predicted octanol–water partition coefficient (Wildman–Crippen LogP) is 3.02. The summed E-state index contributed by atoms with van der Waals surface area (Å²) in [6.07, 6.45) is 7.20. The van der Waals surface area contributed by atoms with Crippen LogP contribution in [0.1, 0.15) is 10.7 Å². The number of rotatable bonds is 3. The van der Waals surface area contributed by atoms with Crippen LogP contribution in [-0.4, -0.2) is 16.4 Å². The monoisotopic (exact) mass is 224 g/mol. The van der Waals surface area contributed by atoms with E-state index in [0.717, 1.165) is 0 Å². The quantitative estimate of drug-likeness (QED) is 0.751. The molecular formula is C9H8N2OS2. The molecule has 14 heavy (non-hydrogen) atoms. The molecule has 0 saturated heterocycles. The van der Waals surface area contributed by atoms with Crippen LogP contribution in [0.15, 0.2) is 27.3 Å². The summed E-state index contributed by atoms with van der Waals surface area (Å²) in [6.45, 7) is 0. The summed E-state index contributed by atoms with van der Waals surface area (Å²) in [5.74, 6) is 0.601.